The van der Waals surface area contributed by atoms with E-state index >= 15 is 0 Å². The highest BCUT2D eigenvalue weighted by Gasteiger charge is 2.25. The molecule has 2 amide bonds. The summed E-state index contributed by atoms with van der Waals surface area (Å²) in [6, 6.07) is 0.436. The summed E-state index contributed by atoms with van der Waals surface area (Å²) in [7, 11) is 0. The maximum atomic E-state index is 11.9. The van der Waals surface area contributed by atoms with Crippen LogP contribution in [0.1, 0.15) is 30.5 Å². The molecule has 22 heavy (non-hydrogen) atoms. The number of ether oxygens (including phenoxy) is 2. The van der Waals surface area contributed by atoms with Gasteiger partial charge in [-0.15, -0.1) is 0 Å². The Morgan fingerprint density at radius 2 is 2.32 bits per heavy atom. The van der Waals surface area contributed by atoms with E-state index < -0.39 is 0 Å². The summed E-state index contributed by atoms with van der Waals surface area (Å²) in [5, 5.41) is 9.73. The van der Waals surface area contributed by atoms with E-state index in [1.165, 1.54) is 16.2 Å². The fourth-order valence-electron chi connectivity index (χ4n) is 2.76. The standard InChI is InChI=1S/C14H22N4O3S/c1-8-5-11-12(9(2)16-8)22-14(17-11)18-13(19)15-6-10-7-20-3-4-21-10/h8-10,16H,3-7H2,1-2H3,(H2,15,17,18,19)/t8-,9+,10+/m1/s1. The first-order valence-electron chi connectivity index (χ1n) is 7.61. The molecule has 1 saturated heterocycles. The van der Waals surface area contributed by atoms with Crippen molar-refractivity contribution in [2.75, 3.05) is 31.7 Å². The Kier molecular flexibility index (Phi) is 4.92. The lowest BCUT2D eigenvalue weighted by molar-refractivity contribution is -0.0852. The molecule has 2 aliphatic rings. The molecule has 8 heteroatoms. The minimum atomic E-state index is -0.256. The molecule has 3 rings (SSSR count). The second-order valence-corrected chi connectivity index (χ2v) is 6.76. The van der Waals surface area contributed by atoms with Crippen molar-refractivity contribution in [2.24, 2.45) is 0 Å². The monoisotopic (exact) mass is 326 g/mol. The number of nitrogens with one attached hydrogen (secondary N) is 3. The molecule has 0 saturated carbocycles. The van der Waals surface area contributed by atoms with Gasteiger partial charge in [0.2, 0.25) is 0 Å². The molecular weight excluding hydrogens is 304 g/mol. The van der Waals surface area contributed by atoms with Crippen LogP contribution in [0, 0.1) is 0 Å². The minimum Gasteiger partial charge on any atom is -0.376 e. The van der Waals surface area contributed by atoms with Crippen molar-refractivity contribution in [3.63, 3.8) is 0 Å². The average molecular weight is 326 g/mol. The summed E-state index contributed by atoms with van der Waals surface area (Å²) >= 11 is 1.53. The zero-order chi connectivity index (χ0) is 15.5. The van der Waals surface area contributed by atoms with E-state index in [0.29, 0.717) is 37.5 Å². The molecule has 2 aliphatic heterocycles. The molecule has 7 nitrogen and oxygen atoms in total. The van der Waals surface area contributed by atoms with Crippen LogP contribution in [0.5, 0.6) is 0 Å². The molecule has 3 atom stereocenters. The number of nitrogens with zero attached hydrogens (tertiary/aromatic N) is 1. The molecule has 0 aliphatic carbocycles. The van der Waals surface area contributed by atoms with Gasteiger partial charge in [-0.25, -0.2) is 9.78 Å². The number of carbonyl (C=O) groups is 1. The molecule has 0 aromatic carbocycles. The first-order chi connectivity index (χ1) is 10.6. The number of amides is 2. The lowest BCUT2D eigenvalue weighted by atomic mass is 10.0. The SMILES string of the molecule is C[C@@H]1Cc2nc(NC(=O)NC[C@H]3COCCO3)sc2[C@H](C)N1. The highest BCUT2D eigenvalue weighted by atomic mass is 32.1. The Bertz CT molecular complexity index is 530. The van der Waals surface area contributed by atoms with Crippen molar-refractivity contribution in [2.45, 2.75) is 38.5 Å². The van der Waals surface area contributed by atoms with Crippen LogP contribution in [-0.4, -0.2) is 49.5 Å². The van der Waals surface area contributed by atoms with Crippen molar-refractivity contribution >= 4 is 22.5 Å². The highest BCUT2D eigenvalue weighted by molar-refractivity contribution is 7.16. The predicted molar refractivity (Wildman–Crippen MR) is 84.4 cm³/mol. The zero-order valence-corrected chi connectivity index (χ0v) is 13.7. The van der Waals surface area contributed by atoms with E-state index in [-0.39, 0.29) is 18.2 Å². The van der Waals surface area contributed by atoms with Crippen LogP contribution in [0.15, 0.2) is 0 Å². The topological polar surface area (TPSA) is 84.5 Å². The van der Waals surface area contributed by atoms with Crippen LogP contribution >= 0.6 is 11.3 Å². The first-order valence-corrected chi connectivity index (χ1v) is 8.43. The van der Waals surface area contributed by atoms with Gasteiger partial charge < -0.3 is 20.1 Å². The second kappa shape index (κ2) is 6.91. The number of carbonyl (C=O) groups excluding carboxylic acids is 1. The van der Waals surface area contributed by atoms with Crippen molar-refractivity contribution in [3.8, 4) is 0 Å². The predicted octanol–water partition coefficient (Wildman–Crippen LogP) is 1.28. The number of hydrogen-bond donors (Lipinski definition) is 3. The maximum absolute atomic E-state index is 11.9. The minimum absolute atomic E-state index is 0.0749. The quantitative estimate of drug-likeness (QED) is 0.779. The second-order valence-electron chi connectivity index (χ2n) is 5.73. The van der Waals surface area contributed by atoms with E-state index in [1.807, 2.05) is 0 Å². The summed E-state index contributed by atoms with van der Waals surface area (Å²) < 4.78 is 10.8. The van der Waals surface area contributed by atoms with Crippen molar-refractivity contribution < 1.29 is 14.3 Å². The number of anilines is 1. The van der Waals surface area contributed by atoms with Crippen LogP contribution < -0.4 is 16.0 Å². The van der Waals surface area contributed by atoms with E-state index in [9.17, 15) is 4.79 Å². The fourth-order valence-corrected chi connectivity index (χ4v) is 3.75. The molecule has 0 bridgehead atoms. The number of rotatable bonds is 3. The number of thiazole rings is 1. The van der Waals surface area contributed by atoms with E-state index in [4.69, 9.17) is 9.47 Å². The molecule has 1 aromatic rings. The van der Waals surface area contributed by atoms with Gasteiger partial charge in [0, 0.05) is 29.9 Å². The van der Waals surface area contributed by atoms with E-state index in [2.05, 4.69) is 34.8 Å². The van der Waals surface area contributed by atoms with Crippen molar-refractivity contribution in [3.05, 3.63) is 10.6 Å². The normalized spacial score (nSPS) is 28.0. The van der Waals surface area contributed by atoms with Gasteiger partial charge in [0.05, 0.1) is 31.6 Å². The Hall–Kier alpha value is -1.22. The molecule has 1 aromatic heterocycles. The lowest BCUT2D eigenvalue weighted by Gasteiger charge is -2.24. The Morgan fingerprint density at radius 3 is 3.09 bits per heavy atom. The van der Waals surface area contributed by atoms with Crippen LogP contribution in [-0.2, 0) is 15.9 Å². The smallest absolute Gasteiger partial charge is 0.321 e. The molecule has 0 radical (unpaired) electrons. The summed E-state index contributed by atoms with van der Waals surface area (Å²) in [5.41, 5.74) is 1.09. The third-order valence-corrected chi connectivity index (χ3v) is 4.95. The van der Waals surface area contributed by atoms with Crippen LogP contribution in [0.3, 0.4) is 0 Å². The van der Waals surface area contributed by atoms with Gasteiger partial charge in [0.25, 0.3) is 0 Å². The molecule has 3 N–H and O–H groups in total. The first kappa shape index (κ1) is 15.7. The van der Waals surface area contributed by atoms with Gasteiger partial charge in [-0.3, -0.25) is 5.32 Å². The van der Waals surface area contributed by atoms with Crippen molar-refractivity contribution in [1.82, 2.24) is 15.6 Å². The average Bonchev–Trinajstić information content (AvgIpc) is 2.89. The summed E-state index contributed by atoms with van der Waals surface area (Å²) in [4.78, 5) is 17.7. The van der Waals surface area contributed by atoms with Crippen LogP contribution in [0.25, 0.3) is 0 Å². The van der Waals surface area contributed by atoms with E-state index in [0.717, 1.165) is 12.1 Å². The van der Waals surface area contributed by atoms with Gasteiger partial charge >= 0.3 is 6.03 Å². The fraction of sp³-hybridized carbons (Fsp3) is 0.714. The molecule has 0 spiro atoms. The van der Waals surface area contributed by atoms with E-state index in [1.54, 1.807) is 0 Å². The van der Waals surface area contributed by atoms with Gasteiger partial charge in [-0.05, 0) is 13.8 Å². The highest BCUT2D eigenvalue weighted by Crippen LogP contribution is 2.32. The number of hydrogen-bond acceptors (Lipinski definition) is 6. The molecule has 3 heterocycles. The third-order valence-electron chi connectivity index (χ3n) is 3.75. The third kappa shape index (κ3) is 3.75. The molecule has 0 unspecified atom stereocenters. The molecular formula is C14H22N4O3S. The zero-order valence-electron chi connectivity index (χ0n) is 12.8. The maximum Gasteiger partial charge on any atom is 0.321 e. The summed E-state index contributed by atoms with van der Waals surface area (Å²) in [5.74, 6) is 0. The van der Waals surface area contributed by atoms with Gasteiger partial charge in [-0.2, -0.15) is 0 Å². The largest absolute Gasteiger partial charge is 0.376 e. The van der Waals surface area contributed by atoms with Gasteiger partial charge in [0.15, 0.2) is 5.13 Å². The van der Waals surface area contributed by atoms with Gasteiger partial charge in [0.1, 0.15) is 0 Å². The summed E-state index contributed by atoms with van der Waals surface area (Å²) in [6.07, 6.45) is 0.821. The number of aromatic nitrogens is 1. The van der Waals surface area contributed by atoms with Gasteiger partial charge in [-0.1, -0.05) is 11.3 Å². The molecule has 122 valence electrons. The van der Waals surface area contributed by atoms with Crippen molar-refractivity contribution in [1.29, 1.82) is 0 Å². The Balaban J connectivity index is 1.52. The van der Waals surface area contributed by atoms with Crippen LogP contribution in [0.2, 0.25) is 0 Å². The number of fused-ring (bicyclic) bond motifs is 1. The number of urea groups is 1. The Morgan fingerprint density at radius 1 is 1.45 bits per heavy atom. The summed E-state index contributed by atoms with van der Waals surface area (Å²) in [6.45, 7) is 6.43. The lowest BCUT2D eigenvalue weighted by Crippen LogP contribution is -2.41. The Labute approximate surface area is 133 Å². The van der Waals surface area contributed by atoms with Crippen LogP contribution in [0.4, 0.5) is 9.93 Å². The molecule has 1 fully saturated rings.